The first-order valence-electron chi connectivity index (χ1n) is 26.7. The molecule has 0 aromatic heterocycles. The maximum Gasteiger partial charge on any atom is 0.252 e. The highest BCUT2D eigenvalue weighted by molar-refractivity contribution is 7.00. The highest BCUT2D eigenvalue weighted by atomic mass is 15.2. The van der Waals surface area contributed by atoms with E-state index >= 15 is 0 Å². The van der Waals surface area contributed by atoms with E-state index in [1.54, 1.807) is 0 Å². The second-order valence-electron chi connectivity index (χ2n) is 20.3. The summed E-state index contributed by atoms with van der Waals surface area (Å²) in [7, 11) is 0. The standard InChI is InChI=1S/C74H49BN2/c1-6-23-50(24-7-1)55-44-46-67-66(48-55)75-65-45-43-58(71-59-35-18-16-33-56(59)47-57-34-17-19-36-60(57)71)49-70(65)77(74-63(53-29-12-4-13-30-53)39-21-40-64(74)54-31-14-5-15-32-54)69-42-22-41-68(72(69)75)76(67)73-61(51-25-8-2-9-26-51)37-20-38-62(73)52-27-10-3-11-28-52/h1-49H. The largest absolute Gasteiger partial charge is 0.310 e. The number of anilines is 6. The van der Waals surface area contributed by atoms with Crippen molar-refractivity contribution in [3.63, 3.8) is 0 Å². The fraction of sp³-hybridized carbons (Fsp3) is 0. The van der Waals surface area contributed by atoms with E-state index in [-0.39, 0.29) is 6.71 Å². The van der Waals surface area contributed by atoms with Gasteiger partial charge in [-0.25, -0.2) is 0 Å². The molecule has 13 aromatic carbocycles. The van der Waals surface area contributed by atoms with E-state index in [0.29, 0.717) is 0 Å². The van der Waals surface area contributed by atoms with Gasteiger partial charge in [-0.05, 0) is 113 Å². The van der Waals surface area contributed by atoms with Gasteiger partial charge in [0.15, 0.2) is 0 Å². The van der Waals surface area contributed by atoms with E-state index in [1.807, 2.05) is 0 Å². The first-order valence-corrected chi connectivity index (χ1v) is 26.7. The Bertz CT molecular complexity index is 4220. The number of para-hydroxylation sites is 2. The summed E-state index contributed by atoms with van der Waals surface area (Å²) in [6, 6.07) is 110. The number of hydrogen-bond donors (Lipinski definition) is 0. The minimum atomic E-state index is -0.131. The minimum Gasteiger partial charge on any atom is -0.310 e. The molecule has 15 rings (SSSR count). The zero-order valence-corrected chi connectivity index (χ0v) is 42.3. The zero-order valence-electron chi connectivity index (χ0n) is 42.3. The Kier molecular flexibility index (Phi) is 10.7. The van der Waals surface area contributed by atoms with E-state index in [2.05, 4.69) is 307 Å². The molecule has 0 saturated heterocycles. The summed E-state index contributed by atoms with van der Waals surface area (Å²) in [4.78, 5) is 5.24. The van der Waals surface area contributed by atoms with Crippen molar-refractivity contribution in [1.29, 1.82) is 0 Å². The Hall–Kier alpha value is -9.96. The lowest BCUT2D eigenvalue weighted by Gasteiger charge is -2.45. The van der Waals surface area contributed by atoms with E-state index in [0.717, 1.165) is 56.4 Å². The molecule has 0 fully saturated rings. The molecule has 3 heteroatoms. The van der Waals surface area contributed by atoms with Crippen molar-refractivity contribution in [2.75, 3.05) is 9.80 Å². The van der Waals surface area contributed by atoms with Crippen molar-refractivity contribution in [1.82, 2.24) is 0 Å². The third kappa shape index (κ3) is 7.35. The summed E-state index contributed by atoms with van der Waals surface area (Å²) >= 11 is 0. The fourth-order valence-electron chi connectivity index (χ4n) is 12.7. The summed E-state index contributed by atoms with van der Waals surface area (Å²) < 4.78 is 0. The van der Waals surface area contributed by atoms with Crippen LogP contribution in [0.5, 0.6) is 0 Å². The molecule has 2 aliphatic rings. The molecule has 0 radical (unpaired) electrons. The van der Waals surface area contributed by atoms with Crippen LogP contribution in [0.1, 0.15) is 0 Å². The second kappa shape index (κ2) is 18.5. The van der Waals surface area contributed by atoms with Crippen LogP contribution in [0.25, 0.3) is 88.3 Å². The van der Waals surface area contributed by atoms with E-state index < -0.39 is 0 Å². The molecule has 0 saturated carbocycles. The molecule has 0 spiro atoms. The molecule has 0 bridgehead atoms. The Morgan fingerprint density at radius 2 is 0.636 bits per heavy atom. The molecule has 13 aromatic rings. The van der Waals surface area contributed by atoms with Crippen molar-refractivity contribution < 1.29 is 0 Å². The third-order valence-corrected chi connectivity index (χ3v) is 16.0. The van der Waals surface area contributed by atoms with Crippen LogP contribution in [-0.2, 0) is 0 Å². The van der Waals surface area contributed by atoms with E-state index in [4.69, 9.17) is 0 Å². The average Bonchev–Trinajstić information content (AvgIpc) is 3.64. The smallest absolute Gasteiger partial charge is 0.252 e. The zero-order chi connectivity index (χ0) is 50.8. The molecule has 0 aliphatic carbocycles. The minimum absolute atomic E-state index is 0.131. The number of benzene rings is 13. The fourth-order valence-corrected chi connectivity index (χ4v) is 12.7. The highest BCUT2D eigenvalue weighted by Gasteiger charge is 2.45. The van der Waals surface area contributed by atoms with Crippen molar-refractivity contribution in [2.45, 2.75) is 0 Å². The van der Waals surface area contributed by atoms with Crippen molar-refractivity contribution in [2.24, 2.45) is 0 Å². The molecule has 2 aliphatic heterocycles. The summed E-state index contributed by atoms with van der Waals surface area (Å²) in [5, 5.41) is 4.94. The van der Waals surface area contributed by atoms with Gasteiger partial charge in [0.25, 0.3) is 6.71 Å². The lowest BCUT2D eigenvalue weighted by molar-refractivity contribution is 1.25. The molecule has 0 N–H and O–H groups in total. The van der Waals surface area contributed by atoms with Gasteiger partial charge in [0.05, 0.1) is 11.4 Å². The van der Waals surface area contributed by atoms with Gasteiger partial charge in [0.2, 0.25) is 0 Å². The van der Waals surface area contributed by atoms with Crippen LogP contribution in [-0.4, -0.2) is 6.71 Å². The van der Waals surface area contributed by atoms with Gasteiger partial charge < -0.3 is 9.80 Å². The first-order chi connectivity index (χ1) is 38.2. The van der Waals surface area contributed by atoms with E-state index in [9.17, 15) is 0 Å². The Balaban J connectivity index is 1.09. The SMILES string of the molecule is c1ccc(-c2ccc3c(c2)B2c4ccc(-c5c6ccccc6cc6ccccc56)cc4N(c4c(-c5ccccc5)cccc4-c4ccccc4)c4cccc(c42)N3c2c(-c3ccccc3)cccc2-c2ccccc2)cc1. The third-order valence-electron chi connectivity index (χ3n) is 16.0. The van der Waals surface area contributed by atoms with Gasteiger partial charge in [-0.3, -0.25) is 0 Å². The summed E-state index contributed by atoms with van der Waals surface area (Å²) in [5.74, 6) is 0. The Morgan fingerprint density at radius 1 is 0.234 bits per heavy atom. The molecule has 2 nitrogen and oxygen atoms in total. The van der Waals surface area contributed by atoms with Crippen molar-refractivity contribution >= 4 is 78.8 Å². The number of nitrogens with zero attached hydrogens (tertiary/aromatic N) is 2. The molecule has 0 amide bonds. The monoisotopic (exact) mass is 976 g/mol. The first kappa shape index (κ1) is 44.5. The molecule has 77 heavy (non-hydrogen) atoms. The molecule has 2 heterocycles. The molecule has 0 unspecified atom stereocenters. The van der Waals surface area contributed by atoms with Crippen LogP contribution in [0.2, 0.25) is 0 Å². The second-order valence-corrected chi connectivity index (χ2v) is 20.3. The van der Waals surface area contributed by atoms with Gasteiger partial charge in [-0.2, -0.15) is 0 Å². The van der Waals surface area contributed by atoms with Crippen LogP contribution >= 0.6 is 0 Å². The number of rotatable bonds is 8. The maximum absolute atomic E-state index is 2.64. The van der Waals surface area contributed by atoms with Crippen LogP contribution in [0, 0.1) is 0 Å². The molecule has 0 atom stereocenters. The Labute approximate surface area is 450 Å². The topological polar surface area (TPSA) is 6.48 Å². The molecular weight excluding hydrogens is 928 g/mol. The van der Waals surface area contributed by atoms with Gasteiger partial charge in [0.1, 0.15) is 0 Å². The Morgan fingerprint density at radius 3 is 1.12 bits per heavy atom. The van der Waals surface area contributed by atoms with Gasteiger partial charge in [-0.1, -0.05) is 267 Å². The quantitative estimate of drug-likeness (QED) is 0.111. The number of fused-ring (bicyclic) bond motifs is 6. The predicted octanol–water partition coefficient (Wildman–Crippen LogP) is 18.1. The normalized spacial score (nSPS) is 12.3. The van der Waals surface area contributed by atoms with Crippen LogP contribution in [0.15, 0.2) is 297 Å². The van der Waals surface area contributed by atoms with Crippen LogP contribution in [0.4, 0.5) is 34.1 Å². The van der Waals surface area contributed by atoms with Gasteiger partial charge in [-0.15, -0.1) is 0 Å². The van der Waals surface area contributed by atoms with Crippen LogP contribution < -0.4 is 26.2 Å². The number of hydrogen-bond acceptors (Lipinski definition) is 2. The predicted molar refractivity (Wildman–Crippen MR) is 328 cm³/mol. The molecule has 358 valence electrons. The lowest BCUT2D eigenvalue weighted by Crippen LogP contribution is -2.61. The molecular formula is C74H49BN2. The van der Waals surface area contributed by atoms with Gasteiger partial charge in [0, 0.05) is 45.0 Å². The summed E-state index contributed by atoms with van der Waals surface area (Å²) in [6.07, 6.45) is 0. The van der Waals surface area contributed by atoms with E-state index in [1.165, 1.54) is 82.4 Å². The lowest BCUT2D eigenvalue weighted by atomic mass is 9.33. The van der Waals surface area contributed by atoms with Gasteiger partial charge >= 0.3 is 0 Å². The highest BCUT2D eigenvalue weighted by Crippen LogP contribution is 2.53. The van der Waals surface area contributed by atoms with Crippen molar-refractivity contribution in [3.8, 4) is 66.8 Å². The summed E-state index contributed by atoms with van der Waals surface area (Å²) in [5.41, 5.74) is 24.8. The summed E-state index contributed by atoms with van der Waals surface area (Å²) in [6.45, 7) is -0.131. The average molecular weight is 977 g/mol. The van der Waals surface area contributed by atoms with Crippen LogP contribution in [0.3, 0.4) is 0 Å². The van der Waals surface area contributed by atoms with Crippen molar-refractivity contribution in [3.05, 3.63) is 297 Å². The maximum atomic E-state index is 2.64.